The highest BCUT2D eigenvalue weighted by atomic mass is 16.5. The van der Waals surface area contributed by atoms with Crippen molar-refractivity contribution in [1.82, 2.24) is 0 Å². The number of ether oxygens (including phenoxy) is 1. The minimum absolute atomic E-state index is 0.0321. The molecule has 1 aromatic heterocycles. The first-order valence-corrected chi connectivity index (χ1v) is 5.36. The number of hydrogen-bond donors (Lipinski definition) is 1. The third-order valence-electron chi connectivity index (χ3n) is 3.46. The van der Waals surface area contributed by atoms with E-state index >= 15 is 0 Å². The van der Waals surface area contributed by atoms with Crippen molar-refractivity contribution in [2.75, 3.05) is 7.11 Å². The van der Waals surface area contributed by atoms with Crippen molar-refractivity contribution >= 4 is 0 Å². The molecule has 0 atom stereocenters. The van der Waals surface area contributed by atoms with E-state index in [0.717, 1.165) is 24.2 Å². The van der Waals surface area contributed by atoms with Crippen molar-refractivity contribution in [3.8, 4) is 0 Å². The molecule has 0 amide bonds. The van der Waals surface area contributed by atoms with Gasteiger partial charge < -0.3 is 14.9 Å². The van der Waals surface area contributed by atoms with E-state index in [-0.39, 0.29) is 11.0 Å². The lowest BCUT2D eigenvalue weighted by atomic mass is 9.81. The molecule has 0 aromatic carbocycles. The summed E-state index contributed by atoms with van der Waals surface area (Å²) in [6.07, 6.45) is 3.96. The second-order valence-corrected chi connectivity index (χ2v) is 5.01. The molecule has 0 unspecified atom stereocenters. The average Bonchev–Trinajstić information content (AvgIpc) is 2.83. The van der Waals surface area contributed by atoms with Crippen LogP contribution in [0.15, 0.2) is 16.7 Å². The van der Waals surface area contributed by atoms with E-state index in [4.69, 9.17) is 14.9 Å². The lowest BCUT2D eigenvalue weighted by molar-refractivity contribution is 0.180. The Balaban J connectivity index is 2.33. The van der Waals surface area contributed by atoms with Crippen LogP contribution in [-0.2, 0) is 16.8 Å². The van der Waals surface area contributed by atoms with Gasteiger partial charge in [0.05, 0.1) is 12.9 Å². The van der Waals surface area contributed by atoms with E-state index in [1.165, 1.54) is 0 Å². The standard InChI is InChI=1S/C12H19NO2/c1-11(2,13)12(5-6-12)10-9(8-14-3)4-7-15-10/h4,7H,5-6,8,13H2,1-3H3. The van der Waals surface area contributed by atoms with Crippen LogP contribution in [0.4, 0.5) is 0 Å². The number of nitrogens with two attached hydrogens (primary N) is 1. The summed E-state index contributed by atoms with van der Waals surface area (Å²) in [4.78, 5) is 0. The molecule has 84 valence electrons. The first-order valence-electron chi connectivity index (χ1n) is 5.36. The van der Waals surface area contributed by atoms with E-state index in [2.05, 4.69) is 13.8 Å². The minimum Gasteiger partial charge on any atom is -0.468 e. The molecule has 1 saturated carbocycles. The molecule has 1 aromatic rings. The minimum atomic E-state index is -0.229. The van der Waals surface area contributed by atoms with Crippen molar-refractivity contribution in [3.05, 3.63) is 23.7 Å². The summed E-state index contributed by atoms with van der Waals surface area (Å²) in [5, 5.41) is 0. The second-order valence-electron chi connectivity index (χ2n) is 5.01. The highest BCUT2D eigenvalue weighted by Crippen LogP contribution is 2.55. The molecule has 0 spiro atoms. The van der Waals surface area contributed by atoms with Gasteiger partial charge in [-0.25, -0.2) is 0 Å². The summed E-state index contributed by atoms with van der Waals surface area (Å²) < 4.78 is 10.8. The van der Waals surface area contributed by atoms with Gasteiger partial charge in [-0.3, -0.25) is 0 Å². The van der Waals surface area contributed by atoms with Crippen LogP contribution in [0.25, 0.3) is 0 Å². The smallest absolute Gasteiger partial charge is 0.117 e. The SMILES string of the molecule is COCc1ccoc1C1(C(C)(C)N)CC1. The zero-order valence-electron chi connectivity index (χ0n) is 9.67. The van der Waals surface area contributed by atoms with Crippen molar-refractivity contribution in [3.63, 3.8) is 0 Å². The number of hydrogen-bond acceptors (Lipinski definition) is 3. The lowest BCUT2D eigenvalue weighted by Crippen LogP contribution is -2.45. The van der Waals surface area contributed by atoms with Gasteiger partial charge in [-0.2, -0.15) is 0 Å². The van der Waals surface area contributed by atoms with Crippen LogP contribution in [0.5, 0.6) is 0 Å². The Bertz CT molecular complexity index is 345. The van der Waals surface area contributed by atoms with Crippen molar-refractivity contribution < 1.29 is 9.15 Å². The molecule has 15 heavy (non-hydrogen) atoms. The van der Waals surface area contributed by atoms with Crippen molar-refractivity contribution in [2.45, 2.75) is 44.2 Å². The van der Waals surface area contributed by atoms with Crippen molar-refractivity contribution in [1.29, 1.82) is 0 Å². The molecule has 2 rings (SSSR count). The average molecular weight is 209 g/mol. The van der Waals surface area contributed by atoms with Gasteiger partial charge in [-0.15, -0.1) is 0 Å². The topological polar surface area (TPSA) is 48.4 Å². The normalized spacial score (nSPS) is 19.2. The Hall–Kier alpha value is -0.800. The van der Waals surface area contributed by atoms with Gasteiger partial charge in [0, 0.05) is 23.6 Å². The van der Waals surface area contributed by atoms with E-state index in [0.29, 0.717) is 6.61 Å². The van der Waals surface area contributed by atoms with Crippen LogP contribution in [-0.4, -0.2) is 12.6 Å². The molecule has 3 heteroatoms. The van der Waals surface area contributed by atoms with Crippen LogP contribution < -0.4 is 5.73 Å². The van der Waals surface area contributed by atoms with Gasteiger partial charge >= 0.3 is 0 Å². The number of furan rings is 1. The molecule has 1 heterocycles. The monoisotopic (exact) mass is 209 g/mol. The largest absolute Gasteiger partial charge is 0.468 e. The summed E-state index contributed by atoms with van der Waals surface area (Å²) in [7, 11) is 1.70. The first kappa shape index (κ1) is 10.7. The molecule has 3 nitrogen and oxygen atoms in total. The molecular weight excluding hydrogens is 190 g/mol. The Kier molecular flexibility index (Phi) is 2.40. The van der Waals surface area contributed by atoms with Crippen LogP contribution in [0.1, 0.15) is 38.0 Å². The maximum atomic E-state index is 6.23. The van der Waals surface area contributed by atoms with E-state index in [1.807, 2.05) is 6.07 Å². The Labute approximate surface area is 90.6 Å². The highest BCUT2D eigenvalue weighted by molar-refractivity contribution is 5.35. The molecule has 2 N–H and O–H groups in total. The highest BCUT2D eigenvalue weighted by Gasteiger charge is 2.56. The fourth-order valence-corrected chi connectivity index (χ4v) is 2.31. The van der Waals surface area contributed by atoms with E-state index in [9.17, 15) is 0 Å². The van der Waals surface area contributed by atoms with Crippen LogP contribution in [0.3, 0.4) is 0 Å². The number of methoxy groups -OCH3 is 1. The quantitative estimate of drug-likeness (QED) is 0.827. The Morgan fingerprint density at radius 2 is 2.20 bits per heavy atom. The number of rotatable bonds is 4. The van der Waals surface area contributed by atoms with Gasteiger partial charge in [-0.05, 0) is 32.8 Å². The first-order chi connectivity index (χ1) is 7.01. The van der Waals surface area contributed by atoms with Crippen LogP contribution >= 0.6 is 0 Å². The van der Waals surface area contributed by atoms with Crippen molar-refractivity contribution in [2.24, 2.45) is 5.73 Å². The zero-order valence-corrected chi connectivity index (χ0v) is 9.67. The Morgan fingerprint density at radius 3 is 2.67 bits per heavy atom. The fourth-order valence-electron chi connectivity index (χ4n) is 2.31. The van der Waals surface area contributed by atoms with Gasteiger partial charge in [0.15, 0.2) is 0 Å². The second kappa shape index (κ2) is 3.35. The molecule has 1 fully saturated rings. The van der Waals surface area contributed by atoms with Gasteiger partial charge in [0.1, 0.15) is 5.76 Å². The maximum Gasteiger partial charge on any atom is 0.117 e. The molecule has 1 aliphatic carbocycles. The summed E-state index contributed by atoms with van der Waals surface area (Å²) in [5.74, 6) is 1.02. The predicted molar refractivity (Wildman–Crippen MR) is 58.6 cm³/mol. The summed E-state index contributed by atoms with van der Waals surface area (Å²) in [6, 6.07) is 1.98. The third-order valence-corrected chi connectivity index (χ3v) is 3.46. The van der Waals surface area contributed by atoms with Gasteiger partial charge in [0.2, 0.25) is 0 Å². The van der Waals surface area contributed by atoms with E-state index < -0.39 is 0 Å². The fraction of sp³-hybridized carbons (Fsp3) is 0.667. The molecule has 0 radical (unpaired) electrons. The Morgan fingerprint density at radius 1 is 1.53 bits per heavy atom. The third kappa shape index (κ3) is 1.60. The molecular formula is C12H19NO2. The predicted octanol–water partition coefficient (Wildman–Crippen LogP) is 2.19. The summed E-state index contributed by atoms with van der Waals surface area (Å²) >= 11 is 0. The molecule has 0 bridgehead atoms. The van der Waals surface area contributed by atoms with Crippen LogP contribution in [0.2, 0.25) is 0 Å². The summed E-state index contributed by atoms with van der Waals surface area (Å²) in [5.41, 5.74) is 7.17. The van der Waals surface area contributed by atoms with E-state index in [1.54, 1.807) is 13.4 Å². The van der Waals surface area contributed by atoms with Crippen LogP contribution in [0, 0.1) is 0 Å². The lowest BCUT2D eigenvalue weighted by Gasteiger charge is -2.29. The molecule has 0 saturated heterocycles. The van der Waals surface area contributed by atoms with Gasteiger partial charge in [-0.1, -0.05) is 0 Å². The maximum absolute atomic E-state index is 6.23. The van der Waals surface area contributed by atoms with Gasteiger partial charge in [0.25, 0.3) is 0 Å². The molecule has 1 aliphatic rings. The zero-order chi connectivity index (χ0) is 11.1. The molecule has 0 aliphatic heterocycles. The summed E-state index contributed by atoms with van der Waals surface area (Å²) in [6.45, 7) is 4.74.